The number of carboxylic acid groups (broad SMARTS) is 1. The van der Waals surface area contributed by atoms with E-state index in [2.05, 4.69) is 4.98 Å². The number of alkyl halides is 3. The molecule has 3 rings (SSSR count). The summed E-state index contributed by atoms with van der Waals surface area (Å²) in [6.45, 7) is 8.22. The summed E-state index contributed by atoms with van der Waals surface area (Å²) < 4.78 is 58.0. The van der Waals surface area contributed by atoms with Crippen LogP contribution in [0.3, 0.4) is 0 Å². The van der Waals surface area contributed by atoms with Gasteiger partial charge < -0.3 is 24.1 Å². The van der Waals surface area contributed by atoms with Crippen LogP contribution in [0.25, 0.3) is 0 Å². The molecule has 2 fully saturated rings. The highest BCUT2D eigenvalue weighted by Gasteiger charge is 2.52. The number of carbonyl (C=O) groups is 1. The Hall–Kier alpha value is -2.01. The molecule has 31 heavy (non-hydrogen) atoms. The topological polar surface area (TPSA) is 81.1 Å². The largest absolute Gasteiger partial charge is 0.496 e. The zero-order valence-electron chi connectivity index (χ0n) is 18.2. The van der Waals surface area contributed by atoms with Crippen molar-refractivity contribution in [1.82, 2.24) is 9.88 Å². The molecule has 0 aliphatic carbocycles. The number of ether oxygens (including phenoxy) is 1. The van der Waals surface area contributed by atoms with Gasteiger partial charge in [-0.15, -0.1) is 0 Å². The smallest absolute Gasteiger partial charge is 0.477 e. The van der Waals surface area contributed by atoms with E-state index in [4.69, 9.17) is 19.2 Å². The van der Waals surface area contributed by atoms with Crippen molar-refractivity contribution in [2.45, 2.75) is 64.3 Å². The Morgan fingerprint density at radius 3 is 2.35 bits per heavy atom. The highest BCUT2D eigenvalue weighted by atomic mass is 19.4. The molecule has 0 saturated carbocycles. The van der Waals surface area contributed by atoms with Gasteiger partial charge in [0.2, 0.25) is 5.88 Å². The number of rotatable bonds is 5. The predicted molar refractivity (Wildman–Crippen MR) is 107 cm³/mol. The second-order valence-corrected chi connectivity index (χ2v) is 9.06. The number of nitrogens with zero attached hydrogens (tertiary/aromatic N) is 2. The van der Waals surface area contributed by atoms with E-state index >= 15 is 0 Å². The Balaban J connectivity index is 1.66. The first kappa shape index (κ1) is 23.7. The summed E-state index contributed by atoms with van der Waals surface area (Å²) in [4.78, 5) is 16.2. The van der Waals surface area contributed by atoms with Crippen molar-refractivity contribution in [1.29, 1.82) is 0 Å². The molecule has 1 aromatic rings. The summed E-state index contributed by atoms with van der Waals surface area (Å²) >= 11 is 0. The molecular formula is C20H28BF3N2O5. The molecular weight excluding hydrogens is 416 g/mol. The molecule has 7 nitrogen and oxygen atoms in total. The Morgan fingerprint density at radius 2 is 1.84 bits per heavy atom. The van der Waals surface area contributed by atoms with Gasteiger partial charge >= 0.3 is 19.4 Å². The summed E-state index contributed by atoms with van der Waals surface area (Å²) in [7, 11) is -0.952. The number of halogens is 3. The molecule has 1 N–H and O–H groups in total. The van der Waals surface area contributed by atoms with E-state index in [1.807, 2.05) is 27.7 Å². The van der Waals surface area contributed by atoms with Crippen molar-refractivity contribution in [3.8, 4) is 5.88 Å². The third kappa shape index (κ3) is 5.26. The molecule has 0 spiro atoms. The van der Waals surface area contributed by atoms with Gasteiger partial charge in [0.15, 0.2) is 0 Å². The number of likely N-dealkylation sites (tertiary alicyclic amines) is 1. The molecule has 0 bridgehead atoms. The standard InChI is InChI=1S/C20H28BF3N2O5/c1-18(2)19(3,4)31-21(30-18)14-11-15(20(22,23)24)16(25-12-14)29-10-7-13-5-8-26(9-6-13)17(27)28/h11-13H,5-10H2,1-4H3,(H,27,28). The minimum Gasteiger partial charge on any atom is -0.477 e. The Bertz CT molecular complexity index is 794. The third-order valence-corrected chi connectivity index (χ3v) is 6.35. The normalized spacial score (nSPS) is 21.4. The molecule has 3 heterocycles. The van der Waals surface area contributed by atoms with Crippen LogP contribution in [0.15, 0.2) is 12.3 Å². The van der Waals surface area contributed by atoms with Crippen molar-refractivity contribution in [3.63, 3.8) is 0 Å². The lowest BCUT2D eigenvalue weighted by molar-refractivity contribution is -0.139. The van der Waals surface area contributed by atoms with E-state index in [0.717, 1.165) is 6.07 Å². The van der Waals surface area contributed by atoms with Gasteiger partial charge in [-0.1, -0.05) is 0 Å². The van der Waals surface area contributed by atoms with E-state index in [0.29, 0.717) is 32.4 Å². The predicted octanol–water partition coefficient (Wildman–Crippen LogP) is 3.56. The van der Waals surface area contributed by atoms with E-state index in [1.54, 1.807) is 0 Å². The van der Waals surface area contributed by atoms with Gasteiger partial charge in [0.1, 0.15) is 5.56 Å². The summed E-state index contributed by atoms with van der Waals surface area (Å²) in [6.07, 6.45) is -2.44. The molecule has 1 amide bonds. The summed E-state index contributed by atoms with van der Waals surface area (Å²) in [6, 6.07) is 0.968. The summed E-state index contributed by atoms with van der Waals surface area (Å²) in [5, 5.41) is 8.98. The zero-order valence-corrected chi connectivity index (χ0v) is 18.2. The molecule has 2 saturated heterocycles. The molecule has 11 heteroatoms. The first-order valence-electron chi connectivity index (χ1n) is 10.3. The third-order valence-electron chi connectivity index (χ3n) is 6.35. The number of hydrogen-bond donors (Lipinski definition) is 1. The van der Waals surface area contributed by atoms with Gasteiger partial charge in [-0.05, 0) is 58.9 Å². The van der Waals surface area contributed by atoms with Crippen LogP contribution in [0.2, 0.25) is 0 Å². The molecule has 2 aliphatic heterocycles. The van der Waals surface area contributed by atoms with E-state index in [-0.39, 0.29) is 18.0 Å². The minimum absolute atomic E-state index is 0.0731. The van der Waals surface area contributed by atoms with Crippen LogP contribution in [0.4, 0.5) is 18.0 Å². The first-order valence-corrected chi connectivity index (χ1v) is 10.3. The average Bonchev–Trinajstić information content (AvgIpc) is 2.89. The van der Waals surface area contributed by atoms with Gasteiger partial charge in [-0.3, -0.25) is 0 Å². The second kappa shape index (κ2) is 8.50. The summed E-state index contributed by atoms with van der Waals surface area (Å²) in [5.74, 6) is -0.273. The Morgan fingerprint density at radius 1 is 1.26 bits per heavy atom. The van der Waals surface area contributed by atoms with Crippen LogP contribution < -0.4 is 10.2 Å². The van der Waals surface area contributed by atoms with E-state index in [9.17, 15) is 18.0 Å². The van der Waals surface area contributed by atoms with Gasteiger partial charge in [-0.2, -0.15) is 13.2 Å². The maximum Gasteiger partial charge on any atom is 0.496 e. The van der Waals surface area contributed by atoms with E-state index < -0.39 is 42.0 Å². The van der Waals surface area contributed by atoms with Crippen LogP contribution in [0.5, 0.6) is 5.88 Å². The molecule has 0 aromatic carbocycles. The lowest BCUT2D eigenvalue weighted by atomic mass is 9.79. The highest BCUT2D eigenvalue weighted by molar-refractivity contribution is 6.62. The number of aromatic nitrogens is 1. The van der Waals surface area contributed by atoms with Crippen LogP contribution in [-0.4, -0.2) is 59.1 Å². The molecule has 0 unspecified atom stereocenters. The fourth-order valence-electron chi connectivity index (χ4n) is 3.63. The highest BCUT2D eigenvalue weighted by Crippen LogP contribution is 2.38. The Labute approximate surface area is 180 Å². The number of pyridine rings is 1. The number of piperidine rings is 1. The maximum atomic E-state index is 13.7. The molecule has 1 aromatic heterocycles. The fourth-order valence-corrected chi connectivity index (χ4v) is 3.63. The fraction of sp³-hybridized carbons (Fsp3) is 0.700. The van der Waals surface area contributed by atoms with Crippen LogP contribution in [0.1, 0.15) is 52.5 Å². The lowest BCUT2D eigenvalue weighted by Crippen LogP contribution is -2.41. The van der Waals surface area contributed by atoms with Gasteiger partial charge in [0, 0.05) is 24.7 Å². The number of hydrogen-bond acceptors (Lipinski definition) is 5. The van der Waals surface area contributed by atoms with Crippen LogP contribution in [-0.2, 0) is 15.5 Å². The van der Waals surface area contributed by atoms with E-state index in [1.165, 1.54) is 11.1 Å². The van der Waals surface area contributed by atoms with Gasteiger partial charge in [0.05, 0.1) is 17.8 Å². The lowest BCUT2D eigenvalue weighted by Gasteiger charge is -2.32. The first-order chi connectivity index (χ1) is 14.3. The Kier molecular flexibility index (Phi) is 6.48. The average molecular weight is 444 g/mol. The minimum atomic E-state index is -4.64. The molecule has 2 aliphatic rings. The molecule has 172 valence electrons. The van der Waals surface area contributed by atoms with Crippen LogP contribution in [0, 0.1) is 5.92 Å². The zero-order chi connectivity index (χ0) is 23.0. The van der Waals surface area contributed by atoms with Crippen LogP contribution >= 0.6 is 0 Å². The number of amides is 1. The maximum absolute atomic E-state index is 13.7. The SMILES string of the molecule is CC1(C)OB(c2cnc(OCCC3CCN(C(=O)O)CC3)c(C(F)(F)F)c2)OC1(C)C. The van der Waals surface area contributed by atoms with Crippen molar-refractivity contribution < 1.29 is 37.1 Å². The summed E-state index contributed by atoms with van der Waals surface area (Å²) in [5.41, 5.74) is -2.15. The quantitative estimate of drug-likeness (QED) is 0.700. The second-order valence-electron chi connectivity index (χ2n) is 9.06. The molecule has 0 atom stereocenters. The van der Waals surface area contributed by atoms with Gasteiger partial charge in [0.25, 0.3) is 0 Å². The van der Waals surface area contributed by atoms with Gasteiger partial charge in [-0.25, -0.2) is 9.78 Å². The van der Waals surface area contributed by atoms with Crippen molar-refractivity contribution in [2.24, 2.45) is 5.92 Å². The van der Waals surface area contributed by atoms with Crippen molar-refractivity contribution >= 4 is 18.7 Å². The molecule has 0 radical (unpaired) electrons. The van der Waals surface area contributed by atoms with Crippen molar-refractivity contribution in [3.05, 3.63) is 17.8 Å². The monoisotopic (exact) mass is 444 g/mol. The van der Waals surface area contributed by atoms with Crippen molar-refractivity contribution in [2.75, 3.05) is 19.7 Å².